The summed E-state index contributed by atoms with van der Waals surface area (Å²) in [5.74, 6) is 0.603. The van der Waals surface area contributed by atoms with Crippen molar-refractivity contribution in [2.75, 3.05) is 11.4 Å². The topological polar surface area (TPSA) is 59.2 Å². The molecule has 1 aliphatic rings. The molecule has 0 aliphatic carbocycles. The highest BCUT2D eigenvalue weighted by Crippen LogP contribution is 2.27. The molecular weight excluding hydrogens is 270 g/mol. The Labute approximate surface area is 103 Å². The van der Waals surface area contributed by atoms with Crippen molar-refractivity contribution >= 4 is 27.7 Å². The average Bonchev–Trinajstić information content (AvgIpc) is 2.66. The van der Waals surface area contributed by atoms with Gasteiger partial charge in [0.15, 0.2) is 0 Å². The number of carbonyl (C=O) groups excluding carboxylic acids is 1. The lowest BCUT2D eigenvalue weighted by molar-refractivity contribution is -0.119. The van der Waals surface area contributed by atoms with Gasteiger partial charge in [0.25, 0.3) is 0 Å². The van der Waals surface area contributed by atoms with E-state index in [1.54, 1.807) is 6.20 Å². The number of amides is 1. The number of hydrogen-bond acceptors (Lipinski definition) is 3. The molecule has 1 atom stereocenters. The summed E-state index contributed by atoms with van der Waals surface area (Å²) in [7, 11) is 0. The number of halogens is 1. The van der Waals surface area contributed by atoms with Crippen molar-refractivity contribution < 1.29 is 4.79 Å². The van der Waals surface area contributed by atoms with Gasteiger partial charge in [0.2, 0.25) is 5.91 Å². The third-order valence-electron chi connectivity index (χ3n) is 2.87. The van der Waals surface area contributed by atoms with Crippen molar-refractivity contribution in [3.05, 3.63) is 22.3 Å². The number of primary amides is 1. The molecule has 1 aliphatic heterocycles. The van der Waals surface area contributed by atoms with E-state index in [4.69, 9.17) is 5.73 Å². The highest BCUT2D eigenvalue weighted by molar-refractivity contribution is 9.10. The molecule has 16 heavy (non-hydrogen) atoms. The molecule has 1 fully saturated rings. The lowest BCUT2D eigenvalue weighted by atomic mass is 10.2. The number of pyridine rings is 1. The van der Waals surface area contributed by atoms with Crippen molar-refractivity contribution in [1.29, 1.82) is 0 Å². The Kier molecular flexibility index (Phi) is 3.14. The number of aryl methyl sites for hydroxylation is 1. The Morgan fingerprint density at radius 3 is 3.06 bits per heavy atom. The van der Waals surface area contributed by atoms with E-state index in [0.29, 0.717) is 0 Å². The number of anilines is 1. The summed E-state index contributed by atoms with van der Waals surface area (Å²) in [6, 6.07) is 1.80. The third kappa shape index (κ3) is 2.04. The monoisotopic (exact) mass is 283 g/mol. The lowest BCUT2D eigenvalue weighted by Crippen LogP contribution is -2.41. The van der Waals surface area contributed by atoms with Crippen LogP contribution in [0.25, 0.3) is 0 Å². The summed E-state index contributed by atoms with van der Waals surface area (Å²) in [5, 5.41) is 0. The van der Waals surface area contributed by atoms with Crippen LogP contribution in [0.4, 0.5) is 5.82 Å². The number of rotatable bonds is 2. The summed E-state index contributed by atoms with van der Waals surface area (Å²) in [4.78, 5) is 17.7. The summed E-state index contributed by atoms with van der Waals surface area (Å²) >= 11 is 3.38. The van der Waals surface area contributed by atoms with Crippen LogP contribution in [0.5, 0.6) is 0 Å². The molecule has 2 rings (SSSR count). The second-order valence-corrected chi connectivity index (χ2v) is 4.96. The van der Waals surface area contributed by atoms with Gasteiger partial charge in [-0.3, -0.25) is 4.79 Å². The summed E-state index contributed by atoms with van der Waals surface area (Å²) < 4.78 is 0.948. The number of nitrogens with two attached hydrogens (primary N) is 1. The first-order valence-corrected chi connectivity index (χ1v) is 6.07. The zero-order valence-corrected chi connectivity index (χ0v) is 10.7. The number of carbonyl (C=O) groups is 1. The molecular formula is C11H14BrN3O. The third-order valence-corrected chi connectivity index (χ3v) is 3.30. The normalized spacial score (nSPS) is 20.1. The van der Waals surface area contributed by atoms with Gasteiger partial charge in [0.1, 0.15) is 11.9 Å². The Bertz CT molecular complexity index is 422. The maximum Gasteiger partial charge on any atom is 0.240 e. The predicted molar refractivity (Wildman–Crippen MR) is 66.2 cm³/mol. The van der Waals surface area contributed by atoms with Gasteiger partial charge in [-0.1, -0.05) is 0 Å². The minimum Gasteiger partial charge on any atom is -0.368 e. The predicted octanol–water partition coefficient (Wildman–Crippen LogP) is 1.61. The Morgan fingerprint density at radius 1 is 1.69 bits per heavy atom. The fraction of sp³-hybridized carbons (Fsp3) is 0.455. The molecule has 86 valence electrons. The molecule has 0 radical (unpaired) electrons. The second kappa shape index (κ2) is 4.41. The summed E-state index contributed by atoms with van der Waals surface area (Å²) in [6.07, 6.45) is 3.57. The first-order chi connectivity index (χ1) is 7.59. The average molecular weight is 284 g/mol. The van der Waals surface area contributed by atoms with Gasteiger partial charge in [0.05, 0.1) is 0 Å². The van der Waals surface area contributed by atoms with Crippen LogP contribution in [-0.4, -0.2) is 23.5 Å². The fourth-order valence-corrected chi connectivity index (χ4v) is 2.60. The van der Waals surface area contributed by atoms with Crippen molar-refractivity contribution in [2.24, 2.45) is 5.73 Å². The van der Waals surface area contributed by atoms with E-state index in [1.165, 1.54) is 0 Å². The largest absolute Gasteiger partial charge is 0.368 e. The number of nitrogens with zero attached hydrogens (tertiary/aromatic N) is 2. The smallest absolute Gasteiger partial charge is 0.240 e. The van der Waals surface area contributed by atoms with E-state index in [1.807, 2.05) is 17.9 Å². The SMILES string of the molecule is Cc1cc(Br)cnc1N1CCCC1C(N)=O. The Hall–Kier alpha value is -1.10. The van der Waals surface area contributed by atoms with Crippen LogP contribution < -0.4 is 10.6 Å². The van der Waals surface area contributed by atoms with Crippen molar-refractivity contribution in [2.45, 2.75) is 25.8 Å². The quantitative estimate of drug-likeness (QED) is 0.897. The van der Waals surface area contributed by atoms with Crippen LogP contribution in [0.2, 0.25) is 0 Å². The molecule has 2 heterocycles. The fourth-order valence-electron chi connectivity index (χ4n) is 2.15. The molecule has 1 unspecified atom stereocenters. The van der Waals surface area contributed by atoms with E-state index >= 15 is 0 Å². The minimum atomic E-state index is -0.262. The van der Waals surface area contributed by atoms with E-state index in [0.717, 1.165) is 35.2 Å². The van der Waals surface area contributed by atoms with Crippen LogP contribution in [-0.2, 0) is 4.79 Å². The lowest BCUT2D eigenvalue weighted by Gasteiger charge is -2.24. The second-order valence-electron chi connectivity index (χ2n) is 4.05. The minimum absolute atomic E-state index is 0.202. The molecule has 2 N–H and O–H groups in total. The number of hydrogen-bond donors (Lipinski definition) is 1. The standard InChI is InChI=1S/C11H14BrN3O/c1-7-5-8(12)6-14-11(7)15-4-2-3-9(15)10(13)16/h5-6,9H,2-4H2,1H3,(H2,13,16). The highest BCUT2D eigenvalue weighted by Gasteiger charge is 2.30. The Morgan fingerprint density at radius 2 is 2.44 bits per heavy atom. The van der Waals surface area contributed by atoms with Crippen molar-refractivity contribution in [3.8, 4) is 0 Å². The van der Waals surface area contributed by atoms with Gasteiger partial charge < -0.3 is 10.6 Å². The Balaban J connectivity index is 2.32. The van der Waals surface area contributed by atoms with E-state index < -0.39 is 0 Å². The van der Waals surface area contributed by atoms with Crippen LogP contribution in [0, 0.1) is 6.92 Å². The maximum atomic E-state index is 11.3. The molecule has 0 saturated carbocycles. The van der Waals surface area contributed by atoms with Crippen LogP contribution in [0.3, 0.4) is 0 Å². The molecule has 1 amide bonds. The van der Waals surface area contributed by atoms with Gasteiger partial charge in [-0.25, -0.2) is 4.98 Å². The molecule has 1 aromatic heterocycles. The summed E-state index contributed by atoms with van der Waals surface area (Å²) in [6.45, 7) is 2.84. The van der Waals surface area contributed by atoms with Gasteiger partial charge in [-0.15, -0.1) is 0 Å². The molecule has 0 aromatic carbocycles. The van der Waals surface area contributed by atoms with Crippen molar-refractivity contribution in [1.82, 2.24) is 4.98 Å². The first kappa shape index (κ1) is 11.4. The van der Waals surface area contributed by atoms with E-state index in [9.17, 15) is 4.79 Å². The highest BCUT2D eigenvalue weighted by atomic mass is 79.9. The van der Waals surface area contributed by atoms with Gasteiger partial charge in [-0.2, -0.15) is 0 Å². The molecule has 1 saturated heterocycles. The zero-order chi connectivity index (χ0) is 11.7. The zero-order valence-electron chi connectivity index (χ0n) is 9.11. The van der Waals surface area contributed by atoms with Gasteiger partial charge >= 0.3 is 0 Å². The molecule has 0 spiro atoms. The number of aromatic nitrogens is 1. The first-order valence-electron chi connectivity index (χ1n) is 5.27. The van der Waals surface area contributed by atoms with E-state index in [2.05, 4.69) is 20.9 Å². The maximum absolute atomic E-state index is 11.3. The van der Waals surface area contributed by atoms with Gasteiger partial charge in [-0.05, 0) is 47.3 Å². The molecule has 0 bridgehead atoms. The summed E-state index contributed by atoms with van der Waals surface area (Å²) in [5.41, 5.74) is 6.45. The van der Waals surface area contributed by atoms with Crippen LogP contribution in [0.1, 0.15) is 18.4 Å². The van der Waals surface area contributed by atoms with Crippen molar-refractivity contribution in [3.63, 3.8) is 0 Å². The van der Waals surface area contributed by atoms with Gasteiger partial charge in [0, 0.05) is 17.2 Å². The van der Waals surface area contributed by atoms with E-state index in [-0.39, 0.29) is 11.9 Å². The van der Waals surface area contributed by atoms with Crippen LogP contribution >= 0.6 is 15.9 Å². The molecule has 4 nitrogen and oxygen atoms in total. The van der Waals surface area contributed by atoms with Crippen LogP contribution in [0.15, 0.2) is 16.7 Å². The molecule has 1 aromatic rings. The molecule has 5 heteroatoms.